The molecule has 8 heteroatoms. The quantitative estimate of drug-likeness (QED) is 0.328. The maximum absolute atomic E-state index is 8.65. The fourth-order valence-corrected chi connectivity index (χ4v) is 1.59. The van der Waals surface area contributed by atoms with Crippen LogP contribution in [0, 0.1) is 0 Å². The van der Waals surface area contributed by atoms with Gasteiger partial charge in [-0.3, -0.25) is 0 Å². The molecular weight excluding hydrogens is 294 g/mol. The van der Waals surface area contributed by atoms with Crippen LogP contribution in [0.25, 0.3) is 0 Å². The lowest BCUT2D eigenvalue weighted by atomic mass is 9.81. The van der Waals surface area contributed by atoms with Gasteiger partial charge in [-0.1, -0.05) is 24.3 Å². The Hall–Kier alpha value is -0.890. The predicted molar refractivity (Wildman–Crippen MR) is 87.0 cm³/mol. The lowest BCUT2D eigenvalue weighted by molar-refractivity contribution is 0.424. The molecule has 2 aromatic rings. The molecule has 0 fully saturated rings. The third-order valence-electron chi connectivity index (χ3n) is 2.38. The van der Waals surface area contributed by atoms with Crippen molar-refractivity contribution in [3.8, 4) is 0 Å². The summed E-state index contributed by atoms with van der Waals surface area (Å²) in [7, 11) is -2.76. The molecule has 0 amide bonds. The van der Waals surface area contributed by atoms with Crippen LogP contribution in [0.1, 0.15) is 0 Å². The fourth-order valence-electron chi connectivity index (χ4n) is 1.29. The van der Waals surface area contributed by atoms with Crippen molar-refractivity contribution in [2.45, 2.75) is 9.79 Å². The van der Waals surface area contributed by atoms with Crippen LogP contribution in [-0.2, 0) is 0 Å². The molecule has 0 aliphatic heterocycles. The van der Waals surface area contributed by atoms with Crippen molar-refractivity contribution in [2.24, 2.45) is 0 Å². The minimum atomic E-state index is -1.38. The fraction of sp³-hybridized carbons (Fsp3) is 0. The van der Waals surface area contributed by atoms with E-state index in [1.54, 1.807) is 48.5 Å². The Morgan fingerprint density at radius 2 is 0.800 bits per heavy atom. The number of thiol groups is 2. The van der Waals surface area contributed by atoms with Gasteiger partial charge in [0.2, 0.25) is 0 Å². The number of benzene rings is 2. The van der Waals surface area contributed by atoms with E-state index < -0.39 is 14.2 Å². The van der Waals surface area contributed by atoms with E-state index in [0.717, 1.165) is 9.79 Å². The van der Waals surface area contributed by atoms with Crippen molar-refractivity contribution in [1.29, 1.82) is 0 Å². The van der Waals surface area contributed by atoms with Crippen LogP contribution in [-0.4, -0.2) is 34.3 Å². The Morgan fingerprint density at radius 3 is 1.00 bits per heavy atom. The lowest BCUT2D eigenvalue weighted by Crippen LogP contribution is -2.29. The summed E-state index contributed by atoms with van der Waals surface area (Å²) < 4.78 is 0. The number of hydrogen-bond acceptors (Lipinski definition) is 6. The van der Waals surface area contributed by atoms with Gasteiger partial charge < -0.3 is 20.1 Å². The molecule has 0 bridgehead atoms. The van der Waals surface area contributed by atoms with Crippen molar-refractivity contribution >= 4 is 50.4 Å². The van der Waals surface area contributed by atoms with Crippen LogP contribution >= 0.6 is 25.3 Å². The average Bonchev–Trinajstić information content (AvgIpc) is 2.40. The highest BCUT2D eigenvalue weighted by atomic mass is 32.1. The summed E-state index contributed by atoms with van der Waals surface area (Å²) in [5, 5.41) is 34.6. The molecule has 0 saturated heterocycles. The Kier molecular flexibility index (Phi) is 7.22. The molecule has 2 aromatic carbocycles. The molecule has 0 atom stereocenters. The maximum Gasteiger partial charge on any atom is 0.488 e. The Balaban J connectivity index is 0.000000200. The molecule has 20 heavy (non-hydrogen) atoms. The van der Waals surface area contributed by atoms with Crippen LogP contribution in [0.15, 0.2) is 58.3 Å². The van der Waals surface area contributed by atoms with E-state index in [4.69, 9.17) is 20.1 Å². The van der Waals surface area contributed by atoms with Crippen LogP contribution in [0.3, 0.4) is 0 Å². The molecule has 104 valence electrons. The molecule has 0 aliphatic rings. The van der Waals surface area contributed by atoms with Crippen LogP contribution in [0.4, 0.5) is 0 Å². The standard InChI is InChI=1S/2C6H7BO2S/c2*8-7(9)5-1-3-6(10)4-2-5/h2*1-4,8-10H. The topological polar surface area (TPSA) is 80.9 Å². The third kappa shape index (κ3) is 6.04. The van der Waals surface area contributed by atoms with Crippen molar-refractivity contribution in [2.75, 3.05) is 0 Å². The first kappa shape index (κ1) is 17.2. The van der Waals surface area contributed by atoms with Crippen molar-refractivity contribution in [3.05, 3.63) is 48.5 Å². The van der Waals surface area contributed by atoms with Gasteiger partial charge in [0.1, 0.15) is 0 Å². The first-order chi connectivity index (χ1) is 9.40. The monoisotopic (exact) mass is 308 g/mol. The molecule has 0 heterocycles. The summed E-state index contributed by atoms with van der Waals surface area (Å²) in [4.78, 5) is 1.62. The summed E-state index contributed by atoms with van der Waals surface area (Å²) >= 11 is 8.07. The van der Waals surface area contributed by atoms with Gasteiger partial charge in [0.05, 0.1) is 0 Å². The molecular formula is C12H14B2O4S2. The smallest absolute Gasteiger partial charge is 0.423 e. The highest BCUT2D eigenvalue weighted by molar-refractivity contribution is 7.80. The summed E-state index contributed by atoms with van der Waals surface area (Å²) in [6, 6.07) is 13.3. The van der Waals surface area contributed by atoms with Gasteiger partial charge in [-0.25, -0.2) is 0 Å². The molecule has 4 N–H and O–H groups in total. The van der Waals surface area contributed by atoms with E-state index in [9.17, 15) is 0 Å². The lowest BCUT2D eigenvalue weighted by Gasteiger charge is -1.97. The van der Waals surface area contributed by atoms with Gasteiger partial charge in [0.25, 0.3) is 0 Å². The van der Waals surface area contributed by atoms with Gasteiger partial charge in [-0.05, 0) is 35.2 Å². The third-order valence-corrected chi connectivity index (χ3v) is 2.98. The van der Waals surface area contributed by atoms with Crippen LogP contribution < -0.4 is 10.9 Å². The second-order valence-electron chi connectivity index (χ2n) is 3.93. The van der Waals surface area contributed by atoms with Crippen LogP contribution in [0.2, 0.25) is 0 Å². The zero-order valence-electron chi connectivity index (χ0n) is 10.5. The average molecular weight is 308 g/mol. The molecule has 0 spiro atoms. The normalized spacial score (nSPS) is 9.50. The SMILES string of the molecule is OB(O)c1ccc(S)cc1.OB(O)c1ccc(S)cc1. The molecule has 0 aromatic heterocycles. The van der Waals surface area contributed by atoms with Gasteiger partial charge in [0.15, 0.2) is 0 Å². The summed E-state index contributed by atoms with van der Waals surface area (Å²) in [5.74, 6) is 0. The number of hydrogen-bond donors (Lipinski definition) is 6. The largest absolute Gasteiger partial charge is 0.488 e. The highest BCUT2D eigenvalue weighted by Crippen LogP contribution is 2.01. The second kappa shape index (κ2) is 8.41. The first-order valence-electron chi connectivity index (χ1n) is 5.70. The van der Waals surface area contributed by atoms with E-state index in [0.29, 0.717) is 10.9 Å². The van der Waals surface area contributed by atoms with E-state index in [2.05, 4.69) is 25.3 Å². The zero-order chi connectivity index (χ0) is 15.1. The van der Waals surface area contributed by atoms with Crippen LogP contribution in [0.5, 0.6) is 0 Å². The Morgan fingerprint density at radius 1 is 0.550 bits per heavy atom. The number of rotatable bonds is 2. The molecule has 4 nitrogen and oxygen atoms in total. The first-order valence-corrected chi connectivity index (χ1v) is 6.59. The second-order valence-corrected chi connectivity index (χ2v) is 4.96. The zero-order valence-corrected chi connectivity index (χ0v) is 12.2. The molecule has 2 rings (SSSR count). The van der Waals surface area contributed by atoms with Crippen molar-refractivity contribution in [1.82, 2.24) is 0 Å². The summed E-state index contributed by atoms with van der Waals surface area (Å²) in [5.41, 5.74) is 0.968. The Labute approximate surface area is 129 Å². The van der Waals surface area contributed by atoms with E-state index >= 15 is 0 Å². The molecule has 0 radical (unpaired) electrons. The van der Waals surface area contributed by atoms with Gasteiger partial charge >= 0.3 is 14.2 Å². The van der Waals surface area contributed by atoms with E-state index in [1.165, 1.54) is 0 Å². The van der Waals surface area contributed by atoms with E-state index in [-0.39, 0.29) is 0 Å². The summed E-state index contributed by atoms with van der Waals surface area (Å²) in [6.45, 7) is 0. The predicted octanol–water partition coefficient (Wildman–Crippen LogP) is -0.690. The van der Waals surface area contributed by atoms with Gasteiger partial charge in [-0.15, -0.1) is 25.3 Å². The Bertz CT molecular complexity index is 468. The minimum absolute atomic E-state index is 0.484. The summed E-state index contributed by atoms with van der Waals surface area (Å²) in [6.07, 6.45) is 0. The minimum Gasteiger partial charge on any atom is -0.423 e. The van der Waals surface area contributed by atoms with Gasteiger partial charge in [0, 0.05) is 9.79 Å². The van der Waals surface area contributed by atoms with Gasteiger partial charge in [-0.2, -0.15) is 0 Å². The molecule has 0 unspecified atom stereocenters. The van der Waals surface area contributed by atoms with E-state index in [1.807, 2.05) is 0 Å². The van der Waals surface area contributed by atoms with Crippen molar-refractivity contribution < 1.29 is 20.1 Å². The maximum atomic E-state index is 8.65. The molecule has 0 saturated carbocycles. The molecule has 0 aliphatic carbocycles. The van der Waals surface area contributed by atoms with Crippen molar-refractivity contribution in [3.63, 3.8) is 0 Å². The highest BCUT2D eigenvalue weighted by Gasteiger charge is 2.09.